The Labute approximate surface area is 95.1 Å². The molecule has 0 bridgehead atoms. The summed E-state index contributed by atoms with van der Waals surface area (Å²) in [5.74, 6) is -2.46. The fourth-order valence-electron chi connectivity index (χ4n) is 2.31. The second-order valence-corrected chi connectivity index (χ2v) is 4.72. The molecule has 2 heterocycles. The van der Waals surface area contributed by atoms with Crippen LogP contribution in [0.4, 0.5) is 8.78 Å². The van der Waals surface area contributed by atoms with Crippen LogP contribution in [0.5, 0.6) is 0 Å². The molecule has 3 nitrogen and oxygen atoms in total. The highest BCUT2D eigenvalue weighted by molar-refractivity contribution is 4.81. The third-order valence-electron chi connectivity index (χ3n) is 3.24. The van der Waals surface area contributed by atoms with E-state index in [2.05, 4.69) is 5.32 Å². The molecule has 5 heteroatoms. The summed E-state index contributed by atoms with van der Waals surface area (Å²) in [6.07, 6.45) is 2.27. The minimum Gasteiger partial charge on any atom is -0.377 e. The van der Waals surface area contributed by atoms with E-state index in [1.807, 2.05) is 4.90 Å². The van der Waals surface area contributed by atoms with E-state index in [0.29, 0.717) is 19.3 Å². The van der Waals surface area contributed by atoms with Gasteiger partial charge in [0.05, 0.1) is 12.6 Å². The summed E-state index contributed by atoms with van der Waals surface area (Å²) in [5, 5.41) is 3.23. The molecule has 2 fully saturated rings. The zero-order valence-corrected chi connectivity index (χ0v) is 9.55. The first-order valence-corrected chi connectivity index (χ1v) is 6.08. The van der Waals surface area contributed by atoms with Crippen LogP contribution in [0.3, 0.4) is 0 Å². The van der Waals surface area contributed by atoms with Gasteiger partial charge >= 0.3 is 0 Å². The SMILES string of the molecule is FC1(F)CCN(CCCOC2CCNC2)C1. The van der Waals surface area contributed by atoms with Gasteiger partial charge in [0, 0.05) is 32.7 Å². The first-order chi connectivity index (χ1) is 7.66. The van der Waals surface area contributed by atoms with Crippen LogP contribution < -0.4 is 5.32 Å². The van der Waals surface area contributed by atoms with Gasteiger partial charge in [0.15, 0.2) is 0 Å². The van der Waals surface area contributed by atoms with E-state index in [1.54, 1.807) is 0 Å². The van der Waals surface area contributed by atoms with E-state index in [4.69, 9.17) is 4.74 Å². The maximum atomic E-state index is 12.9. The second-order valence-electron chi connectivity index (χ2n) is 4.72. The third-order valence-corrected chi connectivity index (χ3v) is 3.24. The Balaban J connectivity index is 1.51. The number of ether oxygens (including phenoxy) is 1. The van der Waals surface area contributed by atoms with Gasteiger partial charge in [-0.1, -0.05) is 0 Å². The van der Waals surface area contributed by atoms with Gasteiger partial charge < -0.3 is 10.1 Å². The van der Waals surface area contributed by atoms with Crippen LogP contribution in [0.25, 0.3) is 0 Å². The summed E-state index contributed by atoms with van der Waals surface area (Å²) in [6, 6.07) is 0. The molecule has 0 spiro atoms. The molecule has 1 atom stereocenters. The van der Waals surface area contributed by atoms with Gasteiger partial charge in [-0.2, -0.15) is 0 Å². The van der Waals surface area contributed by atoms with Crippen molar-refractivity contribution in [3.8, 4) is 0 Å². The molecule has 0 amide bonds. The van der Waals surface area contributed by atoms with Crippen molar-refractivity contribution in [3.63, 3.8) is 0 Å². The molecule has 94 valence electrons. The van der Waals surface area contributed by atoms with Crippen LogP contribution in [-0.2, 0) is 4.74 Å². The maximum Gasteiger partial charge on any atom is 0.261 e. The predicted molar refractivity (Wildman–Crippen MR) is 57.8 cm³/mol. The molecule has 0 aliphatic carbocycles. The monoisotopic (exact) mass is 234 g/mol. The highest BCUT2D eigenvalue weighted by atomic mass is 19.3. The van der Waals surface area contributed by atoms with Crippen LogP contribution in [0.1, 0.15) is 19.3 Å². The molecular weight excluding hydrogens is 214 g/mol. The second kappa shape index (κ2) is 5.38. The van der Waals surface area contributed by atoms with Gasteiger partial charge in [-0.05, 0) is 19.4 Å². The van der Waals surface area contributed by atoms with Gasteiger partial charge in [-0.3, -0.25) is 4.90 Å². The molecule has 1 N–H and O–H groups in total. The van der Waals surface area contributed by atoms with Gasteiger partial charge in [0.25, 0.3) is 5.92 Å². The van der Waals surface area contributed by atoms with Crippen molar-refractivity contribution in [1.82, 2.24) is 10.2 Å². The van der Waals surface area contributed by atoms with Gasteiger partial charge in [0.2, 0.25) is 0 Å². The lowest BCUT2D eigenvalue weighted by Gasteiger charge is -2.16. The highest BCUT2D eigenvalue weighted by Crippen LogP contribution is 2.26. The Morgan fingerprint density at radius 2 is 2.31 bits per heavy atom. The fourth-order valence-corrected chi connectivity index (χ4v) is 2.31. The Bertz CT molecular complexity index is 220. The first kappa shape index (κ1) is 12.2. The molecule has 2 saturated heterocycles. The molecule has 16 heavy (non-hydrogen) atoms. The maximum absolute atomic E-state index is 12.9. The molecule has 2 aliphatic heterocycles. The van der Waals surface area contributed by atoms with Crippen molar-refractivity contribution in [2.45, 2.75) is 31.3 Å². The van der Waals surface area contributed by atoms with Crippen molar-refractivity contribution in [2.24, 2.45) is 0 Å². The average Bonchev–Trinajstić information content (AvgIpc) is 2.82. The van der Waals surface area contributed by atoms with E-state index < -0.39 is 5.92 Å². The molecule has 0 saturated carbocycles. The minimum atomic E-state index is -2.46. The van der Waals surface area contributed by atoms with Crippen molar-refractivity contribution < 1.29 is 13.5 Å². The smallest absolute Gasteiger partial charge is 0.261 e. The minimum absolute atomic E-state index is 0.0143. The zero-order chi connectivity index (χ0) is 11.4. The summed E-state index contributed by atoms with van der Waals surface area (Å²) < 4.78 is 31.4. The highest BCUT2D eigenvalue weighted by Gasteiger charge is 2.37. The van der Waals surface area contributed by atoms with Crippen LogP contribution in [0.15, 0.2) is 0 Å². The number of halogens is 2. The molecule has 0 aromatic rings. The number of hydrogen-bond acceptors (Lipinski definition) is 3. The molecule has 2 rings (SSSR count). The van der Waals surface area contributed by atoms with Gasteiger partial charge in [0.1, 0.15) is 0 Å². The van der Waals surface area contributed by atoms with Crippen LogP contribution in [-0.4, -0.2) is 56.3 Å². The van der Waals surface area contributed by atoms with Crippen LogP contribution >= 0.6 is 0 Å². The standard InChI is InChI=1S/C11H20F2N2O/c12-11(13)3-6-15(9-11)5-1-7-16-10-2-4-14-8-10/h10,14H,1-9H2. The number of hydrogen-bond donors (Lipinski definition) is 1. The summed E-state index contributed by atoms with van der Waals surface area (Å²) >= 11 is 0. The molecule has 0 aromatic heterocycles. The summed E-state index contributed by atoms with van der Waals surface area (Å²) in [6.45, 7) is 3.84. The number of likely N-dealkylation sites (tertiary alicyclic amines) is 1. The molecular formula is C11H20F2N2O. The normalized spacial score (nSPS) is 30.0. The molecule has 2 aliphatic rings. The average molecular weight is 234 g/mol. The number of rotatable bonds is 5. The van der Waals surface area contributed by atoms with Crippen molar-refractivity contribution in [1.29, 1.82) is 0 Å². The van der Waals surface area contributed by atoms with Gasteiger partial charge in [-0.15, -0.1) is 0 Å². The van der Waals surface area contributed by atoms with E-state index in [9.17, 15) is 8.78 Å². The first-order valence-electron chi connectivity index (χ1n) is 6.08. The summed E-state index contributed by atoms with van der Waals surface area (Å²) in [5.41, 5.74) is 0. The zero-order valence-electron chi connectivity index (χ0n) is 9.55. The lowest BCUT2D eigenvalue weighted by atomic mass is 10.3. The summed E-state index contributed by atoms with van der Waals surface area (Å²) in [7, 11) is 0. The van der Waals surface area contributed by atoms with Crippen molar-refractivity contribution >= 4 is 0 Å². The molecule has 0 radical (unpaired) electrons. The number of nitrogens with one attached hydrogen (secondary N) is 1. The third kappa shape index (κ3) is 3.64. The van der Waals surface area contributed by atoms with Crippen LogP contribution in [0, 0.1) is 0 Å². The summed E-state index contributed by atoms with van der Waals surface area (Å²) in [4.78, 5) is 1.83. The van der Waals surface area contributed by atoms with Gasteiger partial charge in [-0.25, -0.2) is 8.78 Å². The Hall–Kier alpha value is -0.260. The Morgan fingerprint density at radius 3 is 2.94 bits per heavy atom. The fraction of sp³-hybridized carbons (Fsp3) is 1.00. The predicted octanol–water partition coefficient (Wildman–Crippen LogP) is 1.10. The van der Waals surface area contributed by atoms with Crippen molar-refractivity contribution in [3.05, 3.63) is 0 Å². The largest absolute Gasteiger partial charge is 0.377 e. The number of alkyl halides is 2. The van der Waals surface area contributed by atoms with E-state index in [1.165, 1.54) is 0 Å². The van der Waals surface area contributed by atoms with Crippen LogP contribution in [0.2, 0.25) is 0 Å². The van der Waals surface area contributed by atoms with E-state index in [-0.39, 0.29) is 13.0 Å². The molecule has 0 aromatic carbocycles. The van der Waals surface area contributed by atoms with Crippen molar-refractivity contribution in [2.75, 3.05) is 39.3 Å². The topological polar surface area (TPSA) is 24.5 Å². The lowest BCUT2D eigenvalue weighted by Crippen LogP contribution is -2.27. The lowest BCUT2D eigenvalue weighted by molar-refractivity contribution is 0.0101. The molecule has 1 unspecified atom stereocenters. The quantitative estimate of drug-likeness (QED) is 0.721. The Morgan fingerprint density at radius 1 is 1.44 bits per heavy atom. The number of nitrogens with zero attached hydrogens (tertiary/aromatic N) is 1. The Kier molecular flexibility index (Phi) is 4.10. The van der Waals surface area contributed by atoms with E-state index >= 15 is 0 Å². The van der Waals surface area contributed by atoms with E-state index in [0.717, 1.165) is 32.5 Å².